The van der Waals surface area contributed by atoms with Gasteiger partial charge in [0.05, 0.1) is 10.2 Å². The Balaban J connectivity index is 2.33. The van der Waals surface area contributed by atoms with E-state index in [0.29, 0.717) is 5.82 Å². The normalized spacial score (nSPS) is 10.4. The zero-order chi connectivity index (χ0) is 12.4. The Morgan fingerprint density at radius 3 is 2.65 bits per heavy atom. The van der Waals surface area contributed by atoms with Crippen LogP contribution in [0.3, 0.4) is 0 Å². The second kappa shape index (κ2) is 4.98. The van der Waals surface area contributed by atoms with E-state index in [-0.39, 0.29) is 15.3 Å². The summed E-state index contributed by atoms with van der Waals surface area (Å²) in [7, 11) is 0. The van der Waals surface area contributed by atoms with Gasteiger partial charge in [0, 0.05) is 6.07 Å². The van der Waals surface area contributed by atoms with Gasteiger partial charge >= 0.3 is 0 Å². The minimum atomic E-state index is -0.701. The van der Waals surface area contributed by atoms with Gasteiger partial charge in [-0.15, -0.1) is 0 Å². The van der Waals surface area contributed by atoms with E-state index in [4.69, 9.17) is 11.6 Å². The van der Waals surface area contributed by atoms with E-state index in [1.165, 1.54) is 6.07 Å². The molecule has 2 aromatic rings. The molecule has 1 N–H and O–H groups in total. The molecule has 0 aliphatic heterocycles. The quantitative estimate of drug-likeness (QED) is 0.650. The van der Waals surface area contributed by atoms with E-state index in [2.05, 4.69) is 26.2 Å². The van der Waals surface area contributed by atoms with Crippen molar-refractivity contribution in [2.24, 2.45) is 0 Å². The molecule has 88 valence electrons. The van der Waals surface area contributed by atoms with Gasteiger partial charge in [-0.1, -0.05) is 17.7 Å². The second-order valence-electron chi connectivity index (χ2n) is 3.22. The Hall–Kier alpha value is -1.20. The van der Waals surface area contributed by atoms with Gasteiger partial charge in [-0.3, -0.25) is 0 Å². The van der Waals surface area contributed by atoms with Crippen molar-refractivity contribution in [3.8, 4) is 0 Å². The van der Waals surface area contributed by atoms with Crippen molar-refractivity contribution < 1.29 is 8.78 Å². The largest absolute Gasteiger partial charge is 0.338 e. The highest BCUT2D eigenvalue weighted by Gasteiger charge is 2.08. The SMILES string of the molecule is Fc1cc(F)c(Nc2cccc(Cl)n2)cc1Br. The average Bonchev–Trinajstić information content (AvgIpc) is 2.26. The third-order valence-corrected chi connectivity index (χ3v) is 2.81. The number of nitrogens with zero attached hydrogens (tertiary/aromatic N) is 1. The van der Waals surface area contributed by atoms with Crippen molar-refractivity contribution in [1.29, 1.82) is 0 Å². The molecule has 0 saturated carbocycles. The maximum Gasteiger partial charge on any atom is 0.149 e. The first-order valence-electron chi connectivity index (χ1n) is 4.60. The fourth-order valence-electron chi connectivity index (χ4n) is 1.23. The molecule has 0 amide bonds. The summed E-state index contributed by atoms with van der Waals surface area (Å²) in [6.07, 6.45) is 0. The molecule has 0 spiro atoms. The van der Waals surface area contributed by atoms with E-state index in [1.807, 2.05) is 0 Å². The molecule has 2 nitrogen and oxygen atoms in total. The smallest absolute Gasteiger partial charge is 0.149 e. The van der Waals surface area contributed by atoms with Crippen LogP contribution in [0, 0.1) is 11.6 Å². The fraction of sp³-hybridized carbons (Fsp3) is 0. The van der Waals surface area contributed by atoms with Gasteiger partial charge < -0.3 is 5.32 Å². The van der Waals surface area contributed by atoms with Crippen LogP contribution < -0.4 is 5.32 Å². The van der Waals surface area contributed by atoms with Gasteiger partial charge in [0.15, 0.2) is 0 Å². The van der Waals surface area contributed by atoms with E-state index in [9.17, 15) is 8.78 Å². The van der Waals surface area contributed by atoms with Crippen LogP contribution in [0.2, 0.25) is 5.15 Å². The highest BCUT2D eigenvalue weighted by Crippen LogP contribution is 2.26. The first-order chi connectivity index (χ1) is 8.06. The van der Waals surface area contributed by atoms with Gasteiger partial charge in [0.25, 0.3) is 0 Å². The molecule has 17 heavy (non-hydrogen) atoms. The predicted octanol–water partition coefficient (Wildman–Crippen LogP) is 4.52. The van der Waals surface area contributed by atoms with Crippen LogP contribution in [0.25, 0.3) is 0 Å². The molecule has 0 bridgehead atoms. The lowest BCUT2D eigenvalue weighted by molar-refractivity contribution is 0.581. The van der Waals surface area contributed by atoms with Gasteiger partial charge in [0.2, 0.25) is 0 Å². The Morgan fingerprint density at radius 2 is 1.94 bits per heavy atom. The summed E-state index contributed by atoms with van der Waals surface area (Å²) in [5, 5.41) is 3.00. The molecule has 0 unspecified atom stereocenters. The molecule has 1 aromatic heterocycles. The maximum absolute atomic E-state index is 13.4. The van der Waals surface area contributed by atoms with Crippen LogP contribution >= 0.6 is 27.5 Å². The first-order valence-corrected chi connectivity index (χ1v) is 5.77. The maximum atomic E-state index is 13.4. The van der Waals surface area contributed by atoms with E-state index in [1.54, 1.807) is 18.2 Å². The molecule has 0 aliphatic rings. The van der Waals surface area contributed by atoms with E-state index >= 15 is 0 Å². The number of aromatic nitrogens is 1. The minimum absolute atomic E-state index is 0.119. The highest BCUT2D eigenvalue weighted by molar-refractivity contribution is 9.10. The number of anilines is 2. The topological polar surface area (TPSA) is 24.9 Å². The molecule has 1 aromatic carbocycles. The number of nitrogens with one attached hydrogen (secondary N) is 1. The molecule has 0 fully saturated rings. The van der Waals surface area contributed by atoms with Crippen LogP contribution in [-0.4, -0.2) is 4.98 Å². The third-order valence-electron chi connectivity index (χ3n) is 1.99. The summed E-state index contributed by atoms with van der Waals surface area (Å²) in [6, 6.07) is 6.99. The Labute approximate surface area is 110 Å². The number of rotatable bonds is 2. The zero-order valence-corrected chi connectivity index (χ0v) is 10.7. The standard InChI is InChI=1S/C11H6BrClF2N2/c12-6-4-9(8(15)5-7(6)14)16-11-3-1-2-10(13)17-11/h1-5H,(H,16,17). The molecule has 0 radical (unpaired) electrons. The Bertz CT molecular complexity index is 563. The summed E-state index contributed by atoms with van der Waals surface area (Å²) in [5.41, 5.74) is 0.119. The van der Waals surface area contributed by atoms with Crippen molar-refractivity contribution in [2.75, 3.05) is 5.32 Å². The van der Waals surface area contributed by atoms with Crippen molar-refractivity contribution in [3.63, 3.8) is 0 Å². The second-order valence-corrected chi connectivity index (χ2v) is 4.46. The summed E-state index contributed by atoms with van der Waals surface area (Å²) < 4.78 is 26.6. The monoisotopic (exact) mass is 318 g/mol. The lowest BCUT2D eigenvalue weighted by Gasteiger charge is -2.07. The van der Waals surface area contributed by atoms with Crippen molar-refractivity contribution in [3.05, 3.63) is 51.6 Å². The van der Waals surface area contributed by atoms with Crippen LogP contribution in [0.5, 0.6) is 0 Å². The molecular formula is C11H6BrClF2N2. The van der Waals surface area contributed by atoms with Gasteiger partial charge in [-0.25, -0.2) is 13.8 Å². The molecule has 0 atom stereocenters. The number of benzene rings is 1. The fourth-order valence-corrected chi connectivity index (χ4v) is 1.74. The summed E-state index contributed by atoms with van der Waals surface area (Å²) in [4.78, 5) is 3.94. The molecule has 2 rings (SSSR count). The van der Waals surface area contributed by atoms with Crippen LogP contribution in [0.1, 0.15) is 0 Å². The lowest BCUT2D eigenvalue weighted by atomic mass is 10.3. The minimum Gasteiger partial charge on any atom is -0.338 e. The highest BCUT2D eigenvalue weighted by atomic mass is 79.9. The van der Waals surface area contributed by atoms with E-state index < -0.39 is 11.6 Å². The molecule has 1 heterocycles. The Morgan fingerprint density at radius 1 is 1.18 bits per heavy atom. The molecule has 6 heteroatoms. The van der Waals surface area contributed by atoms with Gasteiger partial charge in [-0.2, -0.15) is 0 Å². The molecular weight excluding hydrogens is 313 g/mol. The van der Waals surface area contributed by atoms with Crippen LogP contribution in [0.15, 0.2) is 34.8 Å². The number of hydrogen-bond donors (Lipinski definition) is 1. The van der Waals surface area contributed by atoms with Gasteiger partial charge in [0.1, 0.15) is 22.6 Å². The zero-order valence-electron chi connectivity index (χ0n) is 8.35. The average molecular weight is 320 g/mol. The number of halogens is 4. The molecule has 0 aliphatic carbocycles. The lowest BCUT2D eigenvalue weighted by Crippen LogP contribution is -1.97. The third kappa shape index (κ3) is 2.92. The van der Waals surface area contributed by atoms with Crippen LogP contribution in [-0.2, 0) is 0 Å². The number of hydrogen-bond acceptors (Lipinski definition) is 2. The van der Waals surface area contributed by atoms with Gasteiger partial charge in [-0.05, 0) is 34.1 Å². The number of pyridine rings is 1. The van der Waals surface area contributed by atoms with Crippen molar-refractivity contribution in [1.82, 2.24) is 4.98 Å². The van der Waals surface area contributed by atoms with Crippen LogP contribution in [0.4, 0.5) is 20.3 Å². The predicted molar refractivity (Wildman–Crippen MR) is 66.6 cm³/mol. The Kier molecular flexibility index (Phi) is 3.59. The summed E-state index contributed by atoms with van der Waals surface area (Å²) >= 11 is 8.67. The molecule has 0 saturated heterocycles. The summed E-state index contributed by atoms with van der Waals surface area (Å²) in [6.45, 7) is 0. The van der Waals surface area contributed by atoms with Crippen molar-refractivity contribution in [2.45, 2.75) is 0 Å². The van der Waals surface area contributed by atoms with E-state index in [0.717, 1.165) is 6.07 Å². The van der Waals surface area contributed by atoms with Crippen molar-refractivity contribution >= 4 is 39.0 Å². The first kappa shape index (κ1) is 12.3. The summed E-state index contributed by atoms with van der Waals surface area (Å²) in [5.74, 6) is -0.977.